The molecule has 1 aliphatic heterocycles. The molecule has 0 aromatic heterocycles. The van der Waals surface area contributed by atoms with E-state index in [4.69, 9.17) is 12.2 Å². The van der Waals surface area contributed by atoms with Crippen molar-refractivity contribution in [2.45, 2.75) is 19.9 Å². The third kappa shape index (κ3) is 4.28. The first-order valence-electron chi connectivity index (χ1n) is 8.79. The summed E-state index contributed by atoms with van der Waals surface area (Å²) in [5, 5.41) is 9.79. The molecule has 0 aliphatic carbocycles. The monoisotopic (exact) mass is 380 g/mol. The number of nitrogens with zero attached hydrogens (tertiary/aromatic N) is 1. The highest BCUT2D eigenvalue weighted by atomic mass is 32.1. The van der Waals surface area contributed by atoms with Crippen molar-refractivity contribution in [3.8, 4) is 0 Å². The van der Waals surface area contributed by atoms with Gasteiger partial charge in [-0.15, -0.1) is 0 Å². The number of allylic oxidation sites excluding steroid dienone is 1. The van der Waals surface area contributed by atoms with Crippen molar-refractivity contribution in [2.75, 3.05) is 24.3 Å². The molecule has 1 heterocycles. The Kier molecular flexibility index (Phi) is 5.46. The van der Waals surface area contributed by atoms with Crippen molar-refractivity contribution in [2.24, 2.45) is 0 Å². The molecule has 0 unspecified atom stereocenters. The molecule has 3 N–H and O–H groups in total. The van der Waals surface area contributed by atoms with Gasteiger partial charge in [0.1, 0.15) is 0 Å². The summed E-state index contributed by atoms with van der Waals surface area (Å²) in [7, 11) is 3.99. The van der Waals surface area contributed by atoms with Crippen LogP contribution in [-0.2, 0) is 4.79 Å². The van der Waals surface area contributed by atoms with Gasteiger partial charge in [0, 0.05) is 31.2 Å². The Bertz CT molecular complexity index is 885. The molecule has 1 atom stereocenters. The van der Waals surface area contributed by atoms with E-state index in [2.05, 4.69) is 16.0 Å². The maximum atomic E-state index is 13.0. The maximum Gasteiger partial charge on any atom is 0.255 e. The highest BCUT2D eigenvalue weighted by molar-refractivity contribution is 7.80. The van der Waals surface area contributed by atoms with Crippen LogP contribution in [-0.4, -0.2) is 25.1 Å². The minimum absolute atomic E-state index is 0.152. The number of nitrogens with one attached hydrogen (secondary N) is 3. The van der Waals surface area contributed by atoms with Crippen molar-refractivity contribution in [3.63, 3.8) is 0 Å². The van der Waals surface area contributed by atoms with E-state index in [1.807, 2.05) is 81.4 Å². The molecule has 5 nitrogen and oxygen atoms in total. The second-order valence-electron chi connectivity index (χ2n) is 6.88. The summed E-state index contributed by atoms with van der Waals surface area (Å²) in [5.74, 6) is -0.152. The van der Waals surface area contributed by atoms with E-state index in [9.17, 15) is 4.79 Å². The van der Waals surface area contributed by atoms with Gasteiger partial charge in [0.15, 0.2) is 5.11 Å². The van der Waals surface area contributed by atoms with Gasteiger partial charge in [0.05, 0.1) is 11.6 Å². The Labute approximate surface area is 165 Å². The quantitative estimate of drug-likeness (QED) is 0.709. The van der Waals surface area contributed by atoms with Crippen LogP contribution < -0.4 is 20.9 Å². The summed E-state index contributed by atoms with van der Waals surface area (Å²) in [6.07, 6.45) is 0. The number of aryl methyl sites for hydroxylation is 1. The molecule has 2 aromatic rings. The van der Waals surface area contributed by atoms with Crippen molar-refractivity contribution in [1.82, 2.24) is 10.6 Å². The van der Waals surface area contributed by atoms with Crippen LogP contribution in [0, 0.1) is 6.92 Å². The molecule has 1 amide bonds. The second kappa shape index (κ2) is 7.80. The number of benzene rings is 2. The van der Waals surface area contributed by atoms with Gasteiger partial charge in [0.25, 0.3) is 5.91 Å². The van der Waals surface area contributed by atoms with Gasteiger partial charge in [-0.25, -0.2) is 0 Å². The molecule has 0 saturated carbocycles. The predicted molar refractivity (Wildman–Crippen MR) is 115 cm³/mol. The Hall–Kier alpha value is -2.86. The summed E-state index contributed by atoms with van der Waals surface area (Å²) >= 11 is 5.31. The molecule has 3 rings (SSSR count). The number of thiocarbonyl (C=S) groups is 1. The van der Waals surface area contributed by atoms with E-state index in [1.54, 1.807) is 0 Å². The smallest absolute Gasteiger partial charge is 0.255 e. The number of hydrogen-bond donors (Lipinski definition) is 3. The lowest BCUT2D eigenvalue weighted by atomic mass is 9.94. The van der Waals surface area contributed by atoms with Gasteiger partial charge < -0.3 is 20.9 Å². The maximum absolute atomic E-state index is 13.0. The molecule has 27 heavy (non-hydrogen) atoms. The van der Waals surface area contributed by atoms with Gasteiger partial charge in [-0.1, -0.05) is 29.8 Å². The fourth-order valence-electron chi connectivity index (χ4n) is 3.05. The van der Waals surface area contributed by atoms with E-state index in [0.29, 0.717) is 10.7 Å². The molecular formula is C21H24N4OS. The fraction of sp³-hybridized carbons (Fsp3) is 0.238. The van der Waals surface area contributed by atoms with E-state index in [0.717, 1.165) is 28.2 Å². The zero-order valence-electron chi connectivity index (χ0n) is 16.0. The van der Waals surface area contributed by atoms with Gasteiger partial charge in [-0.3, -0.25) is 4.79 Å². The molecule has 0 bridgehead atoms. The number of carbonyl (C=O) groups is 1. The Balaban J connectivity index is 1.91. The molecule has 2 aromatic carbocycles. The zero-order chi connectivity index (χ0) is 19.6. The van der Waals surface area contributed by atoms with E-state index in [-0.39, 0.29) is 11.9 Å². The van der Waals surface area contributed by atoms with Crippen LogP contribution in [0.1, 0.15) is 24.1 Å². The lowest BCUT2D eigenvalue weighted by molar-refractivity contribution is -0.113. The Morgan fingerprint density at radius 2 is 1.67 bits per heavy atom. The van der Waals surface area contributed by atoms with E-state index < -0.39 is 0 Å². The van der Waals surface area contributed by atoms with Crippen LogP contribution in [0.5, 0.6) is 0 Å². The van der Waals surface area contributed by atoms with Crippen LogP contribution in [0.15, 0.2) is 59.8 Å². The predicted octanol–water partition coefficient (Wildman–Crippen LogP) is 3.49. The van der Waals surface area contributed by atoms with Gasteiger partial charge in [0.2, 0.25) is 0 Å². The molecule has 6 heteroatoms. The van der Waals surface area contributed by atoms with Crippen molar-refractivity contribution >= 4 is 34.6 Å². The third-order valence-corrected chi connectivity index (χ3v) is 4.79. The molecule has 1 aliphatic rings. The third-order valence-electron chi connectivity index (χ3n) is 4.57. The summed E-state index contributed by atoms with van der Waals surface area (Å²) < 4.78 is 0. The number of anilines is 2. The van der Waals surface area contributed by atoms with Gasteiger partial charge >= 0.3 is 0 Å². The second-order valence-corrected chi connectivity index (χ2v) is 7.28. The Morgan fingerprint density at radius 1 is 1.04 bits per heavy atom. The minimum Gasteiger partial charge on any atom is -0.378 e. The fourth-order valence-corrected chi connectivity index (χ4v) is 3.32. The van der Waals surface area contributed by atoms with Crippen molar-refractivity contribution in [3.05, 3.63) is 70.9 Å². The summed E-state index contributed by atoms with van der Waals surface area (Å²) in [6.45, 7) is 3.89. The molecule has 0 saturated heterocycles. The average molecular weight is 381 g/mol. The van der Waals surface area contributed by atoms with Crippen molar-refractivity contribution < 1.29 is 4.79 Å². The SMILES string of the molecule is CC1=C(C(=O)Nc2ccc(C)cc2)[C@@H](c2ccc(N(C)C)cc2)NC(=S)N1. The normalized spacial score (nSPS) is 16.4. The number of rotatable bonds is 4. The summed E-state index contributed by atoms with van der Waals surface area (Å²) in [5.41, 5.74) is 5.38. The number of hydrogen-bond acceptors (Lipinski definition) is 3. The standard InChI is InChI=1S/C21H24N4OS/c1-13-5-9-16(10-6-13)23-20(26)18-14(2)22-21(27)24-19(18)15-7-11-17(12-8-15)25(3)4/h5-12,19H,1-4H3,(H,23,26)(H2,22,24,27)/t19-/m1/s1. The van der Waals surface area contributed by atoms with Crippen LogP contribution in [0.4, 0.5) is 11.4 Å². The molecule has 0 fully saturated rings. The first-order valence-corrected chi connectivity index (χ1v) is 9.19. The minimum atomic E-state index is -0.305. The highest BCUT2D eigenvalue weighted by Gasteiger charge is 2.29. The summed E-state index contributed by atoms with van der Waals surface area (Å²) in [4.78, 5) is 15.1. The van der Waals surface area contributed by atoms with Crippen LogP contribution in [0.25, 0.3) is 0 Å². The lowest BCUT2D eigenvalue weighted by Crippen LogP contribution is -2.45. The van der Waals surface area contributed by atoms with Gasteiger partial charge in [-0.05, 0) is 55.9 Å². The Morgan fingerprint density at radius 3 is 2.26 bits per heavy atom. The highest BCUT2D eigenvalue weighted by Crippen LogP contribution is 2.29. The first kappa shape index (κ1) is 18.9. The van der Waals surface area contributed by atoms with Crippen LogP contribution in [0.2, 0.25) is 0 Å². The average Bonchev–Trinajstić information content (AvgIpc) is 2.63. The first-order chi connectivity index (χ1) is 12.8. The topological polar surface area (TPSA) is 56.4 Å². The zero-order valence-corrected chi connectivity index (χ0v) is 16.8. The van der Waals surface area contributed by atoms with Gasteiger partial charge in [-0.2, -0.15) is 0 Å². The largest absolute Gasteiger partial charge is 0.378 e. The number of amides is 1. The van der Waals surface area contributed by atoms with Crippen LogP contribution in [0.3, 0.4) is 0 Å². The van der Waals surface area contributed by atoms with E-state index in [1.165, 1.54) is 0 Å². The van der Waals surface area contributed by atoms with E-state index >= 15 is 0 Å². The van der Waals surface area contributed by atoms with Crippen LogP contribution >= 0.6 is 12.2 Å². The summed E-state index contributed by atoms with van der Waals surface area (Å²) in [6, 6.07) is 15.6. The van der Waals surface area contributed by atoms with Crippen molar-refractivity contribution in [1.29, 1.82) is 0 Å². The molecule has 0 radical (unpaired) electrons. The molecule has 140 valence electrons. The number of carbonyl (C=O) groups excluding carboxylic acids is 1. The lowest BCUT2D eigenvalue weighted by Gasteiger charge is -2.30. The molecule has 0 spiro atoms. The molecular weight excluding hydrogens is 356 g/mol.